The number of allylic oxidation sites excluding steroid dienone is 2. The highest BCUT2D eigenvalue weighted by atomic mass is 35.5. The normalized spacial score (nSPS) is 13.5. The fourth-order valence-electron chi connectivity index (χ4n) is 3.35. The van der Waals surface area contributed by atoms with Crippen molar-refractivity contribution in [2.24, 2.45) is 0 Å². The highest BCUT2D eigenvalue weighted by molar-refractivity contribution is 6.31. The maximum atomic E-state index is 13.0. The summed E-state index contributed by atoms with van der Waals surface area (Å²) in [6.07, 6.45) is 3.37. The second-order valence-corrected chi connectivity index (χ2v) is 7.95. The van der Waals surface area contributed by atoms with E-state index in [0.29, 0.717) is 21.4 Å². The number of halogens is 2. The largest absolute Gasteiger partial charge is 0.282 e. The minimum absolute atomic E-state index is 0.0408. The Balaban J connectivity index is 1.88. The van der Waals surface area contributed by atoms with Gasteiger partial charge in [-0.25, -0.2) is 9.97 Å². The predicted octanol–water partition coefficient (Wildman–Crippen LogP) is 5.85. The van der Waals surface area contributed by atoms with Crippen LogP contribution >= 0.6 is 23.2 Å². The monoisotopic (exact) mass is 449 g/mol. The van der Waals surface area contributed by atoms with E-state index in [-0.39, 0.29) is 17.9 Å². The number of benzene rings is 2. The Labute approximate surface area is 189 Å². The third kappa shape index (κ3) is 4.02. The van der Waals surface area contributed by atoms with Crippen molar-refractivity contribution < 1.29 is 9.59 Å². The number of aromatic nitrogens is 2. The van der Waals surface area contributed by atoms with Crippen molar-refractivity contribution >= 4 is 35.0 Å². The molecule has 0 unspecified atom stereocenters. The Kier molecular flexibility index (Phi) is 5.72. The van der Waals surface area contributed by atoms with Crippen LogP contribution in [0.25, 0.3) is 22.5 Å². The molecule has 0 atom stereocenters. The first-order chi connectivity index (χ1) is 14.9. The number of rotatable bonds is 5. The highest BCUT2D eigenvalue weighted by Gasteiger charge is 2.39. The molecule has 7 heteroatoms. The third-order valence-corrected chi connectivity index (χ3v) is 5.34. The lowest BCUT2D eigenvalue weighted by Crippen LogP contribution is -2.31. The maximum absolute atomic E-state index is 13.0. The lowest BCUT2D eigenvalue weighted by atomic mass is 10.0. The van der Waals surface area contributed by atoms with Crippen LogP contribution in [0.3, 0.4) is 0 Å². The average Bonchev–Trinajstić information content (AvgIpc) is 2.98. The van der Waals surface area contributed by atoms with Gasteiger partial charge in [-0.3, -0.25) is 14.5 Å². The number of hydrogen-bond donors (Lipinski definition) is 0. The van der Waals surface area contributed by atoms with Gasteiger partial charge in [-0.1, -0.05) is 71.8 Å². The summed E-state index contributed by atoms with van der Waals surface area (Å²) in [6.45, 7) is 5.62. The van der Waals surface area contributed by atoms with Crippen LogP contribution in [0.2, 0.25) is 10.0 Å². The highest BCUT2D eigenvalue weighted by Crippen LogP contribution is 2.33. The van der Waals surface area contributed by atoms with E-state index in [9.17, 15) is 9.59 Å². The summed E-state index contributed by atoms with van der Waals surface area (Å²) < 4.78 is 0. The van der Waals surface area contributed by atoms with Crippen molar-refractivity contribution in [2.45, 2.75) is 6.92 Å². The molecule has 154 valence electrons. The van der Waals surface area contributed by atoms with E-state index in [0.717, 1.165) is 21.6 Å². The smallest absolute Gasteiger partial charge is 0.267 e. The molecular formula is C24H17Cl2N3O2. The second kappa shape index (κ2) is 8.46. The van der Waals surface area contributed by atoms with E-state index in [2.05, 4.69) is 16.5 Å². The van der Waals surface area contributed by atoms with E-state index in [4.69, 9.17) is 23.2 Å². The molecule has 0 saturated heterocycles. The van der Waals surface area contributed by atoms with Crippen molar-refractivity contribution in [2.75, 3.05) is 6.54 Å². The van der Waals surface area contributed by atoms with Crippen LogP contribution in [0.15, 0.2) is 72.8 Å². The molecule has 0 spiro atoms. The summed E-state index contributed by atoms with van der Waals surface area (Å²) in [5.74, 6) is -0.940. The molecule has 4 rings (SSSR count). The first-order valence-corrected chi connectivity index (χ1v) is 10.2. The SMILES string of the molecule is C=C/C=C(\C)CN1C(=O)c2nc(-c3ccc(Cl)cc3)c(-c3ccc(Cl)cc3)nc2C1=O. The number of imide groups is 1. The lowest BCUT2D eigenvalue weighted by Gasteiger charge is -2.12. The molecule has 1 aromatic heterocycles. The molecule has 31 heavy (non-hydrogen) atoms. The lowest BCUT2D eigenvalue weighted by molar-refractivity contribution is 0.0664. The van der Waals surface area contributed by atoms with E-state index in [1.807, 2.05) is 6.92 Å². The van der Waals surface area contributed by atoms with Crippen molar-refractivity contribution in [3.05, 3.63) is 94.3 Å². The van der Waals surface area contributed by atoms with Gasteiger partial charge in [-0.05, 0) is 31.2 Å². The van der Waals surface area contributed by atoms with Crippen molar-refractivity contribution in [3.8, 4) is 22.5 Å². The van der Waals surface area contributed by atoms with E-state index in [1.165, 1.54) is 0 Å². The molecular weight excluding hydrogens is 433 g/mol. The zero-order valence-corrected chi connectivity index (χ0v) is 18.1. The molecule has 2 aromatic carbocycles. The van der Waals surface area contributed by atoms with Crippen molar-refractivity contribution in [3.63, 3.8) is 0 Å². The van der Waals surface area contributed by atoms with Crippen LogP contribution in [-0.2, 0) is 0 Å². The van der Waals surface area contributed by atoms with Gasteiger partial charge in [0, 0.05) is 21.2 Å². The molecule has 1 aliphatic rings. The maximum Gasteiger partial charge on any atom is 0.282 e. The van der Waals surface area contributed by atoms with Crippen LogP contribution in [0.5, 0.6) is 0 Å². The van der Waals surface area contributed by atoms with Crippen molar-refractivity contribution in [1.29, 1.82) is 0 Å². The molecule has 1 aliphatic heterocycles. The molecule has 0 radical (unpaired) electrons. The Bertz CT molecular complexity index is 1150. The molecule has 0 saturated carbocycles. The van der Waals surface area contributed by atoms with E-state index >= 15 is 0 Å². The number of nitrogens with zero attached hydrogens (tertiary/aromatic N) is 3. The van der Waals surface area contributed by atoms with Gasteiger partial charge in [0.25, 0.3) is 11.8 Å². The van der Waals surface area contributed by atoms with E-state index < -0.39 is 11.8 Å². The number of fused-ring (bicyclic) bond motifs is 1. The second-order valence-electron chi connectivity index (χ2n) is 7.08. The molecule has 0 fully saturated rings. The molecule has 0 bridgehead atoms. The van der Waals surface area contributed by atoms with Gasteiger partial charge in [0.05, 0.1) is 17.9 Å². The van der Waals surface area contributed by atoms with Crippen LogP contribution < -0.4 is 0 Å². The Morgan fingerprint density at radius 2 is 1.26 bits per heavy atom. The molecule has 2 heterocycles. The number of carbonyl (C=O) groups excluding carboxylic acids is 2. The summed E-state index contributed by atoms with van der Waals surface area (Å²) in [7, 11) is 0. The third-order valence-electron chi connectivity index (χ3n) is 4.84. The molecule has 0 aliphatic carbocycles. The van der Waals surface area contributed by atoms with Gasteiger partial charge in [0.1, 0.15) is 0 Å². The van der Waals surface area contributed by atoms with Gasteiger partial charge < -0.3 is 0 Å². The Hall–Kier alpha value is -3.28. The van der Waals surface area contributed by atoms with Crippen LogP contribution in [0.4, 0.5) is 0 Å². The van der Waals surface area contributed by atoms with Gasteiger partial charge in [-0.2, -0.15) is 0 Å². The summed E-state index contributed by atoms with van der Waals surface area (Å²) in [5, 5.41) is 1.15. The predicted molar refractivity (Wildman–Crippen MR) is 122 cm³/mol. The number of carbonyl (C=O) groups is 2. The average molecular weight is 450 g/mol. The molecule has 0 N–H and O–H groups in total. The van der Waals surface area contributed by atoms with Gasteiger partial charge >= 0.3 is 0 Å². The van der Waals surface area contributed by atoms with Gasteiger partial charge in [0.2, 0.25) is 0 Å². The molecule has 2 amide bonds. The topological polar surface area (TPSA) is 63.2 Å². The van der Waals surface area contributed by atoms with Crippen LogP contribution in [0, 0.1) is 0 Å². The summed E-state index contributed by atoms with van der Waals surface area (Å²) in [4.78, 5) is 36.3. The van der Waals surface area contributed by atoms with Crippen molar-refractivity contribution in [1.82, 2.24) is 14.9 Å². The number of hydrogen-bond acceptors (Lipinski definition) is 4. The fraction of sp³-hybridized carbons (Fsp3) is 0.0833. The molecule has 3 aromatic rings. The zero-order chi connectivity index (χ0) is 22.1. The summed E-state index contributed by atoms with van der Waals surface area (Å²) in [6, 6.07) is 14.1. The summed E-state index contributed by atoms with van der Waals surface area (Å²) >= 11 is 12.1. The van der Waals surface area contributed by atoms with Crippen LogP contribution in [0.1, 0.15) is 27.9 Å². The zero-order valence-electron chi connectivity index (χ0n) is 16.6. The Morgan fingerprint density at radius 1 is 0.839 bits per heavy atom. The number of amides is 2. The standard InChI is InChI=1S/C24H17Cl2N3O2/c1-3-4-14(2)13-29-23(30)21-22(24(29)31)28-20(16-7-11-18(26)12-8-16)19(27-21)15-5-9-17(25)10-6-15/h3-12H,1,13H2,2H3/b14-4+. The van der Waals surface area contributed by atoms with Gasteiger partial charge in [0.15, 0.2) is 11.4 Å². The minimum Gasteiger partial charge on any atom is -0.267 e. The minimum atomic E-state index is -0.470. The molecule has 5 nitrogen and oxygen atoms in total. The van der Waals surface area contributed by atoms with E-state index in [1.54, 1.807) is 60.7 Å². The Morgan fingerprint density at radius 3 is 1.65 bits per heavy atom. The quantitative estimate of drug-likeness (QED) is 0.362. The fourth-order valence-corrected chi connectivity index (χ4v) is 3.60. The van der Waals surface area contributed by atoms with Crippen LogP contribution in [-0.4, -0.2) is 33.2 Å². The first-order valence-electron chi connectivity index (χ1n) is 9.47. The summed E-state index contributed by atoms with van der Waals surface area (Å²) in [5.41, 5.74) is 3.33. The van der Waals surface area contributed by atoms with Gasteiger partial charge in [-0.15, -0.1) is 0 Å². The first kappa shape index (κ1) is 21.0.